The van der Waals surface area contributed by atoms with Gasteiger partial charge in [0.15, 0.2) is 11.5 Å². The number of hydrogen-bond donors (Lipinski definition) is 2. The van der Waals surface area contributed by atoms with Gasteiger partial charge in [-0.1, -0.05) is 45.6 Å². The maximum absolute atomic E-state index is 13.2. The molecule has 1 fully saturated rings. The van der Waals surface area contributed by atoms with E-state index >= 15 is 0 Å². The molecule has 0 aliphatic heterocycles. The van der Waals surface area contributed by atoms with Crippen molar-refractivity contribution < 1.29 is 22.7 Å². The Hall–Kier alpha value is -2.28. The van der Waals surface area contributed by atoms with Gasteiger partial charge in [-0.15, -0.1) is 5.92 Å². The zero-order valence-corrected chi connectivity index (χ0v) is 22.0. The van der Waals surface area contributed by atoms with Gasteiger partial charge in [0.25, 0.3) is 10.2 Å². The molecule has 1 aliphatic rings. The van der Waals surface area contributed by atoms with Crippen molar-refractivity contribution in [2.24, 2.45) is 5.92 Å². The largest absolute Gasteiger partial charge is 0.493 e. The van der Waals surface area contributed by atoms with E-state index in [1.54, 1.807) is 7.11 Å². The molecule has 0 saturated heterocycles. The molecule has 0 bridgehead atoms. The normalized spacial score (nSPS) is 19.3. The van der Waals surface area contributed by atoms with E-state index in [9.17, 15) is 13.2 Å². The maximum Gasteiger partial charge on any atom is 0.279 e. The highest BCUT2D eigenvalue weighted by atomic mass is 32.2. The summed E-state index contributed by atoms with van der Waals surface area (Å²) in [5.41, 5.74) is 1.06. The molecule has 1 amide bonds. The summed E-state index contributed by atoms with van der Waals surface area (Å²) in [6, 6.07) is 4.90. The minimum Gasteiger partial charge on any atom is -0.493 e. The summed E-state index contributed by atoms with van der Waals surface area (Å²) in [5.74, 6) is 6.78. The minimum atomic E-state index is -3.74. The van der Waals surface area contributed by atoms with E-state index in [-0.39, 0.29) is 23.8 Å². The van der Waals surface area contributed by atoms with E-state index < -0.39 is 16.3 Å². The van der Waals surface area contributed by atoms with E-state index in [4.69, 9.17) is 9.47 Å². The molecule has 2 rings (SSSR count). The minimum absolute atomic E-state index is 0.0961. The van der Waals surface area contributed by atoms with Gasteiger partial charge in [-0.3, -0.25) is 4.79 Å². The van der Waals surface area contributed by atoms with Crippen LogP contribution in [0, 0.1) is 17.8 Å². The maximum atomic E-state index is 13.2. The third kappa shape index (κ3) is 7.62. The molecule has 1 saturated carbocycles. The summed E-state index contributed by atoms with van der Waals surface area (Å²) in [7, 11) is 0.741. The van der Waals surface area contributed by atoms with Gasteiger partial charge in [0.1, 0.15) is 12.6 Å². The van der Waals surface area contributed by atoms with Crippen molar-refractivity contribution in [2.75, 3.05) is 27.8 Å². The van der Waals surface area contributed by atoms with Crippen LogP contribution in [0.3, 0.4) is 0 Å². The van der Waals surface area contributed by atoms with Crippen molar-refractivity contribution in [3.05, 3.63) is 23.8 Å². The molecule has 0 radical (unpaired) electrons. The Balaban J connectivity index is 2.20. The Bertz CT molecular complexity index is 982. The van der Waals surface area contributed by atoms with E-state index in [1.165, 1.54) is 14.1 Å². The van der Waals surface area contributed by atoms with Crippen LogP contribution in [0.25, 0.3) is 0 Å². The molecule has 0 spiro atoms. The fraction of sp³-hybridized carbons (Fsp3) is 0.640. The lowest BCUT2D eigenvalue weighted by Crippen LogP contribution is -2.55. The van der Waals surface area contributed by atoms with Crippen molar-refractivity contribution in [3.63, 3.8) is 0 Å². The summed E-state index contributed by atoms with van der Waals surface area (Å²) in [6.07, 6.45) is 4.60. The Labute approximate surface area is 205 Å². The summed E-state index contributed by atoms with van der Waals surface area (Å²) in [4.78, 5) is 13.2. The smallest absolute Gasteiger partial charge is 0.279 e. The standard InChI is InChI=1S/C25H39N3O5S/c1-7-8-11-16-33-22-15-14-19(17-23(22)32-6)20-12-9-10-13-21(20)26-25(29)24(18(2)3)27-34(30,31)28(4)5/h14-15,17-18,20-21,24,27H,7,9-10,12-13,16H2,1-6H3,(H,26,29)/t20?,21?,24-/m0/s1. The Morgan fingerprint density at radius 3 is 2.50 bits per heavy atom. The number of ether oxygens (including phenoxy) is 2. The van der Waals surface area contributed by atoms with Crippen LogP contribution in [0.1, 0.15) is 64.4 Å². The molecule has 190 valence electrons. The second kappa shape index (κ2) is 13.0. The number of amides is 1. The number of nitrogens with one attached hydrogen (secondary N) is 2. The molecule has 3 atom stereocenters. The molecule has 9 heteroatoms. The molecule has 0 heterocycles. The van der Waals surface area contributed by atoms with Crippen LogP contribution in [0.5, 0.6) is 11.5 Å². The molecular formula is C25H39N3O5S. The topological polar surface area (TPSA) is 97.0 Å². The first-order valence-electron chi connectivity index (χ1n) is 11.9. The number of carbonyl (C=O) groups is 1. The Morgan fingerprint density at radius 2 is 1.88 bits per heavy atom. The summed E-state index contributed by atoms with van der Waals surface area (Å²) in [5, 5.41) is 3.14. The van der Waals surface area contributed by atoms with Crippen molar-refractivity contribution in [3.8, 4) is 23.3 Å². The Morgan fingerprint density at radius 1 is 1.18 bits per heavy atom. The molecule has 34 heavy (non-hydrogen) atoms. The van der Waals surface area contributed by atoms with Crippen molar-refractivity contribution in [1.29, 1.82) is 0 Å². The van der Waals surface area contributed by atoms with Gasteiger partial charge in [0.05, 0.1) is 7.11 Å². The van der Waals surface area contributed by atoms with E-state index in [0.717, 1.165) is 42.0 Å². The van der Waals surface area contributed by atoms with Gasteiger partial charge in [0, 0.05) is 32.5 Å². The summed E-state index contributed by atoms with van der Waals surface area (Å²) in [6.45, 7) is 5.94. The average Bonchev–Trinajstić information content (AvgIpc) is 2.80. The van der Waals surface area contributed by atoms with Crippen LogP contribution in [0.2, 0.25) is 0 Å². The molecular weight excluding hydrogens is 454 g/mol. The molecule has 1 aromatic rings. The van der Waals surface area contributed by atoms with Gasteiger partial charge in [-0.05, 0) is 36.5 Å². The van der Waals surface area contributed by atoms with Crippen LogP contribution in [-0.2, 0) is 15.0 Å². The van der Waals surface area contributed by atoms with Gasteiger partial charge in [0.2, 0.25) is 5.91 Å². The van der Waals surface area contributed by atoms with Crippen molar-refractivity contribution >= 4 is 16.1 Å². The van der Waals surface area contributed by atoms with E-state index in [0.29, 0.717) is 18.1 Å². The summed E-state index contributed by atoms with van der Waals surface area (Å²) < 4.78 is 39.6. The summed E-state index contributed by atoms with van der Waals surface area (Å²) >= 11 is 0. The number of benzene rings is 1. The fourth-order valence-electron chi connectivity index (χ4n) is 4.06. The van der Waals surface area contributed by atoms with Crippen molar-refractivity contribution in [1.82, 2.24) is 14.3 Å². The average molecular weight is 494 g/mol. The predicted molar refractivity (Wildman–Crippen MR) is 134 cm³/mol. The SMILES string of the molecule is CCC#CCOc1ccc(C2CCCCC2NC(=O)[C@@H](NS(=O)(=O)N(C)C)C(C)C)cc1OC. The lowest BCUT2D eigenvalue weighted by molar-refractivity contribution is -0.124. The van der Waals surface area contributed by atoms with Gasteiger partial charge < -0.3 is 14.8 Å². The first-order valence-corrected chi connectivity index (χ1v) is 13.3. The second-order valence-corrected chi connectivity index (χ2v) is 11.0. The number of rotatable bonds is 10. The number of hydrogen-bond acceptors (Lipinski definition) is 5. The lowest BCUT2D eigenvalue weighted by atomic mass is 9.79. The zero-order valence-electron chi connectivity index (χ0n) is 21.2. The van der Waals surface area contributed by atoms with Crippen LogP contribution in [0.4, 0.5) is 0 Å². The van der Waals surface area contributed by atoms with Crippen LogP contribution < -0.4 is 19.5 Å². The molecule has 0 aromatic heterocycles. The van der Waals surface area contributed by atoms with E-state index in [2.05, 4.69) is 21.9 Å². The molecule has 2 unspecified atom stereocenters. The Kier molecular flexibility index (Phi) is 10.7. The van der Waals surface area contributed by atoms with Gasteiger partial charge in [-0.25, -0.2) is 0 Å². The van der Waals surface area contributed by atoms with Gasteiger partial charge >= 0.3 is 0 Å². The molecule has 2 N–H and O–H groups in total. The quantitative estimate of drug-likeness (QED) is 0.489. The number of methoxy groups -OCH3 is 1. The highest BCUT2D eigenvalue weighted by Gasteiger charge is 2.33. The van der Waals surface area contributed by atoms with Crippen molar-refractivity contribution in [2.45, 2.75) is 70.9 Å². The molecule has 1 aliphatic carbocycles. The first kappa shape index (κ1) is 28.0. The van der Waals surface area contributed by atoms with Gasteiger partial charge in [-0.2, -0.15) is 17.4 Å². The second-order valence-electron chi connectivity index (χ2n) is 9.04. The monoisotopic (exact) mass is 493 g/mol. The lowest BCUT2D eigenvalue weighted by Gasteiger charge is -2.34. The highest BCUT2D eigenvalue weighted by Crippen LogP contribution is 2.37. The third-order valence-electron chi connectivity index (χ3n) is 6.02. The molecule has 1 aromatic carbocycles. The fourth-order valence-corrected chi connectivity index (χ4v) is 4.97. The first-order chi connectivity index (χ1) is 16.1. The van der Waals surface area contributed by atoms with Crippen LogP contribution in [0.15, 0.2) is 18.2 Å². The molecule has 8 nitrogen and oxygen atoms in total. The predicted octanol–water partition coefficient (Wildman–Crippen LogP) is 3.05. The zero-order chi connectivity index (χ0) is 25.3. The van der Waals surface area contributed by atoms with E-state index in [1.807, 2.05) is 39.0 Å². The number of carbonyl (C=O) groups excluding carboxylic acids is 1. The highest BCUT2D eigenvalue weighted by molar-refractivity contribution is 7.87. The van der Waals surface area contributed by atoms with Crippen LogP contribution >= 0.6 is 0 Å². The number of nitrogens with zero attached hydrogens (tertiary/aromatic N) is 1. The third-order valence-corrected chi connectivity index (χ3v) is 7.53. The van der Waals surface area contributed by atoms with Crippen LogP contribution in [-0.4, -0.2) is 58.5 Å².